The number of hydrogen-bond donors (Lipinski definition) is 1. The van der Waals surface area contributed by atoms with Crippen molar-refractivity contribution < 1.29 is 28.5 Å². The lowest BCUT2D eigenvalue weighted by atomic mass is 10.0. The molecule has 2 amide bonds. The molecule has 1 unspecified atom stereocenters. The molecule has 0 saturated carbocycles. The average Bonchev–Trinajstić information content (AvgIpc) is 3.21. The Bertz CT molecular complexity index is 1020. The fraction of sp³-hybridized carbons (Fsp3) is 0.417. The number of rotatable bonds is 11. The van der Waals surface area contributed by atoms with Crippen LogP contribution in [0.15, 0.2) is 36.4 Å². The maximum absolute atomic E-state index is 13.8. The van der Waals surface area contributed by atoms with Gasteiger partial charge in [0.25, 0.3) is 5.91 Å². The lowest BCUT2D eigenvalue weighted by Gasteiger charge is -2.26. The number of methoxy groups -OCH3 is 2. The maximum atomic E-state index is 13.8. The Hall–Kier alpha value is -2.85. The number of nitrogens with one attached hydrogen (secondary N) is 1. The van der Waals surface area contributed by atoms with Crippen molar-refractivity contribution in [1.29, 1.82) is 0 Å². The van der Waals surface area contributed by atoms with Gasteiger partial charge < -0.3 is 34.1 Å². The van der Waals surface area contributed by atoms with Crippen LogP contribution in [0.1, 0.15) is 27.5 Å². The van der Waals surface area contributed by atoms with Crippen LogP contribution in [-0.2, 0) is 20.8 Å². The van der Waals surface area contributed by atoms with Crippen molar-refractivity contribution in [3.05, 3.63) is 58.1 Å². The average molecular weight is 492 g/mol. The third-order valence-electron chi connectivity index (χ3n) is 5.30. The molecule has 0 spiro atoms. The molecule has 34 heavy (non-hydrogen) atoms. The van der Waals surface area contributed by atoms with E-state index < -0.39 is 11.9 Å². The number of amides is 2. The molecule has 2 aromatic rings. The van der Waals surface area contributed by atoms with Crippen molar-refractivity contribution >= 4 is 23.4 Å². The highest BCUT2D eigenvalue weighted by Crippen LogP contribution is 2.39. The molecule has 0 bridgehead atoms. The number of ether oxygens (including phenoxy) is 4. The molecule has 0 fully saturated rings. The predicted molar refractivity (Wildman–Crippen MR) is 127 cm³/mol. The fourth-order valence-electron chi connectivity index (χ4n) is 3.69. The molecule has 1 atom stereocenters. The van der Waals surface area contributed by atoms with Crippen LogP contribution < -0.4 is 14.8 Å². The van der Waals surface area contributed by atoms with E-state index in [-0.39, 0.29) is 42.4 Å². The Morgan fingerprint density at radius 1 is 1.09 bits per heavy atom. The molecule has 184 valence electrons. The first-order chi connectivity index (χ1) is 16.4. The highest BCUT2D eigenvalue weighted by molar-refractivity contribution is 6.32. The van der Waals surface area contributed by atoms with Gasteiger partial charge in [-0.25, -0.2) is 0 Å². The molecule has 1 heterocycles. The normalized spacial score (nSPS) is 14.8. The minimum atomic E-state index is -0.774. The maximum Gasteiger partial charge on any atom is 0.258 e. The van der Waals surface area contributed by atoms with E-state index in [9.17, 15) is 9.59 Å². The second kappa shape index (κ2) is 12.0. The van der Waals surface area contributed by atoms with Crippen molar-refractivity contribution in [3.8, 4) is 11.5 Å². The zero-order valence-corrected chi connectivity index (χ0v) is 20.6. The first-order valence-corrected chi connectivity index (χ1v) is 11.1. The molecule has 0 aliphatic carbocycles. The van der Waals surface area contributed by atoms with Crippen LogP contribution in [0.3, 0.4) is 0 Å². The number of hydrogen-bond acceptors (Lipinski definition) is 7. The highest BCUT2D eigenvalue weighted by atomic mass is 35.5. The summed E-state index contributed by atoms with van der Waals surface area (Å²) < 4.78 is 21.1. The summed E-state index contributed by atoms with van der Waals surface area (Å²) in [6.45, 7) is 1.32. The number of benzene rings is 2. The number of halogens is 1. The minimum Gasteiger partial charge on any atom is -0.467 e. The second-order valence-electron chi connectivity index (χ2n) is 8.01. The van der Waals surface area contributed by atoms with E-state index in [1.165, 1.54) is 31.3 Å². The largest absolute Gasteiger partial charge is 0.467 e. The Balaban J connectivity index is 1.94. The lowest BCUT2D eigenvalue weighted by Crippen LogP contribution is -2.41. The molecule has 0 saturated heterocycles. The summed E-state index contributed by atoms with van der Waals surface area (Å²) in [6.07, 6.45) is 0. The van der Waals surface area contributed by atoms with Gasteiger partial charge in [-0.1, -0.05) is 35.9 Å². The summed E-state index contributed by atoms with van der Waals surface area (Å²) in [7, 11) is 6.82. The second-order valence-corrected chi connectivity index (χ2v) is 8.42. The molecule has 1 N–H and O–H groups in total. The van der Waals surface area contributed by atoms with Gasteiger partial charge in [0.05, 0.1) is 10.6 Å². The molecule has 0 aromatic heterocycles. The van der Waals surface area contributed by atoms with Gasteiger partial charge in [-0.05, 0) is 31.3 Å². The number of carbonyl (C=O) groups is 2. The first kappa shape index (κ1) is 25.8. The zero-order chi connectivity index (χ0) is 24.7. The van der Waals surface area contributed by atoms with Crippen LogP contribution in [-0.4, -0.2) is 76.6 Å². The zero-order valence-electron chi connectivity index (χ0n) is 19.8. The van der Waals surface area contributed by atoms with Crippen LogP contribution >= 0.6 is 11.6 Å². The van der Waals surface area contributed by atoms with Crippen LogP contribution in [0.25, 0.3) is 0 Å². The molecule has 0 radical (unpaired) electrons. The summed E-state index contributed by atoms with van der Waals surface area (Å²) in [4.78, 5) is 30.5. The Morgan fingerprint density at radius 2 is 1.76 bits per heavy atom. The Morgan fingerprint density at radius 3 is 2.44 bits per heavy atom. The van der Waals surface area contributed by atoms with Gasteiger partial charge >= 0.3 is 0 Å². The van der Waals surface area contributed by atoms with Crippen LogP contribution in [0.2, 0.25) is 5.02 Å². The van der Waals surface area contributed by atoms with E-state index in [1.54, 1.807) is 0 Å². The molecule has 1 aliphatic rings. The summed E-state index contributed by atoms with van der Waals surface area (Å²) in [5, 5.41) is 3.16. The molecular formula is C24H30ClN3O6. The lowest BCUT2D eigenvalue weighted by molar-refractivity contribution is -0.125. The van der Waals surface area contributed by atoms with E-state index in [4.69, 9.17) is 30.5 Å². The Labute approximate surface area is 204 Å². The molecule has 2 aromatic carbocycles. The molecule has 1 aliphatic heterocycles. The summed E-state index contributed by atoms with van der Waals surface area (Å²) >= 11 is 6.39. The van der Waals surface area contributed by atoms with Gasteiger partial charge in [-0.15, -0.1) is 0 Å². The van der Waals surface area contributed by atoms with Gasteiger partial charge in [-0.2, -0.15) is 0 Å². The standard InChI is InChI=1S/C24H30ClN3O6/c1-27(2)10-9-26-23(29)22-17-8-6-5-7-16(17)13-28(22)24(30)18-11-19(25)21(34-15-32-4)12-20(18)33-14-31-3/h5-8,11-12,22H,9-10,13-15H2,1-4H3,(H,26,29). The SMILES string of the molecule is COCOc1cc(OCOC)c(C(=O)N2Cc3ccccc3C2C(=O)NCCN(C)C)cc1Cl. The fourth-order valence-corrected chi connectivity index (χ4v) is 3.91. The van der Waals surface area contributed by atoms with Gasteiger partial charge in [0.1, 0.15) is 17.5 Å². The van der Waals surface area contributed by atoms with Gasteiger partial charge in [0.2, 0.25) is 5.91 Å². The van der Waals surface area contributed by atoms with Crippen molar-refractivity contribution in [2.75, 3.05) is 55.0 Å². The van der Waals surface area contributed by atoms with E-state index in [1.807, 2.05) is 43.3 Å². The number of likely N-dealkylation sites (N-methyl/N-ethyl adjacent to an activating group) is 1. The van der Waals surface area contributed by atoms with Gasteiger partial charge in [-0.3, -0.25) is 9.59 Å². The number of nitrogens with zero attached hydrogens (tertiary/aromatic N) is 2. The quantitative estimate of drug-likeness (QED) is 0.483. The molecule has 10 heteroatoms. The highest BCUT2D eigenvalue weighted by Gasteiger charge is 2.39. The third-order valence-corrected chi connectivity index (χ3v) is 5.59. The van der Waals surface area contributed by atoms with Crippen molar-refractivity contribution in [3.63, 3.8) is 0 Å². The smallest absolute Gasteiger partial charge is 0.258 e. The predicted octanol–water partition coefficient (Wildman–Crippen LogP) is 2.68. The van der Waals surface area contributed by atoms with Gasteiger partial charge in [0, 0.05) is 39.9 Å². The molecular weight excluding hydrogens is 462 g/mol. The van der Waals surface area contributed by atoms with Crippen LogP contribution in [0, 0.1) is 0 Å². The van der Waals surface area contributed by atoms with Crippen molar-refractivity contribution in [2.24, 2.45) is 0 Å². The van der Waals surface area contributed by atoms with Crippen LogP contribution in [0.4, 0.5) is 0 Å². The Kier molecular flexibility index (Phi) is 9.12. The number of fused-ring (bicyclic) bond motifs is 1. The third kappa shape index (κ3) is 5.98. The van der Waals surface area contributed by atoms with E-state index in [0.717, 1.165) is 11.1 Å². The minimum absolute atomic E-state index is 0.0205. The monoisotopic (exact) mass is 491 g/mol. The van der Waals surface area contributed by atoms with E-state index in [0.29, 0.717) is 18.8 Å². The van der Waals surface area contributed by atoms with E-state index >= 15 is 0 Å². The topological polar surface area (TPSA) is 89.6 Å². The molecule has 3 rings (SSSR count). The summed E-state index contributed by atoms with van der Waals surface area (Å²) in [6, 6.07) is 9.75. The van der Waals surface area contributed by atoms with Gasteiger partial charge in [0.15, 0.2) is 13.6 Å². The molecule has 9 nitrogen and oxygen atoms in total. The summed E-state index contributed by atoms with van der Waals surface area (Å²) in [5.41, 5.74) is 1.91. The van der Waals surface area contributed by atoms with Crippen molar-refractivity contribution in [2.45, 2.75) is 12.6 Å². The van der Waals surface area contributed by atoms with E-state index in [2.05, 4.69) is 5.32 Å². The first-order valence-electron chi connectivity index (χ1n) is 10.8. The summed E-state index contributed by atoms with van der Waals surface area (Å²) in [5.74, 6) is -0.111. The van der Waals surface area contributed by atoms with Crippen LogP contribution in [0.5, 0.6) is 11.5 Å². The van der Waals surface area contributed by atoms with Crippen molar-refractivity contribution in [1.82, 2.24) is 15.1 Å². The number of carbonyl (C=O) groups excluding carboxylic acids is 2.